The predicted molar refractivity (Wildman–Crippen MR) is 58.3 cm³/mol. The Kier molecular flexibility index (Phi) is 2.98. The largest absolute Gasteiger partial charge is 0.492 e. The predicted octanol–water partition coefficient (Wildman–Crippen LogP) is 2.74. The molecule has 0 spiro atoms. The van der Waals surface area contributed by atoms with Crippen molar-refractivity contribution in [1.29, 1.82) is 0 Å². The van der Waals surface area contributed by atoms with Gasteiger partial charge in [-0.1, -0.05) is 0 Å². The summed E-state index contributed by atoms with van der Waals surface area (Å²) in [7, 11) is 0. The van der Waals surface area contributed by atoms with Crippen LogP contribution in [0, 0.1) is 11.2 Å². The van der Waals surface area contributed by atoms with Gasteiger partial charge in [-0.15, -0.1) is 0 Å². The van der Waals surface area contributed by atoms with Crippen LogP contribution in [0.3, 0.4) is 0 Å². The molecule has 1 aromatic carbocycles. The molecule has 0 unspecified atom stereocenters. The number of rotatable bonds is 4. The first-order valence-electron chi connectivity index (χ1n) is 4.84. The zero-order valence-corrected chi connectivity index (χ0v) is 9.76. The van der Waals surface area contributed by atoms with Crippen LogP contribution in [0.1, 0.15) is 12.8 Å². The summed E-state index contributed by atoms with van der Waals surface area (Å²) in [5.41, 5.74) is -0.0776. The highest BCUT2D eigenvalue weighted by molar-refractivity contribution is 9.10. The Morgan fingerprint density at radius 1 is 1.47 bits per heavy atom. The summed E-state index contributed by atoms with van der Waals surface area (Å²) in [6, 6.07) is 4.33. The van der Waals surface area contributed by atoms with Crippen molar-refractivity contribution in [3.05, 3.63) is 28.5 Å². The van der Waals surface area contributed by atoms with Crippen LogP contribution >= 0.6 is 15.9 Å². The highest BCUT2D eigenvalue weighted by Gasteiger charge is 2.43. The smallest absolute Gasteiger partial charge is 0.136 e. The fourth-order valence-electron chi connectivity index (χ4n) is 1.34. The van der Waals surface area contributed by atoms with Crippen molar-refractivity contribution in [2.75, 3.05) is 13.2 Å². The van der Waals surface area contributed by atoms with Gasteiger partial charge in [-0.05, 0) is 40.9 Å². The summed E-state index contributed by atoms with van der Waals surface area (Å²) in [6.07, 6.45) is 1.97. The van der Waals surface area contributed by atoms with Crippen LogP contribution in [0.4, 0.5) is 4.39 Å². The van der Waals surface area contributed by atoms with Gasteiger partial charge in [0.05, 0.1) is 17.7 Å². The first-order chi connectivity index (χ1) is 7.15. The average Bonchev–Trinajstić information content (AvgIpc) is 3.00. The van der Waals surface area contributed by atoms with Gasteiger partial charge in [0.1, 0.15) is 11.6 Å². The molecule has 0 bridgehead atoms. The molecule has 1 N–H and O–H groups in total. The van der Waals surface area contributed by atoms with Gasteiger partial charge in [0.2, 0.25) is 0 Å². The van der Waals surface area contributed by atoms with E-state index in [4.69, 9.17) is 9.84 Å². The van der Waals surface area contributed by atoms with Gasteiger partial charge < -0.3 is 9.84 Å². The monoisotopic (exact) mass is 274 g/mol. The molecule has 15 heavy (non-hydrogen) atoms. The van der Waals surface area contributed by atoms with Crippen molar-refractivity contribution in [3.8, 4) is 5.75 Å². The van der Waals surface area contributed by atoms with Gasteiger partial charge >= 0.3 is 0 Å². The van der Waals surface area contributed by atoms with Gasteiger partial charge in [-0.3, -0.25) is 0 Å². The van der Waals surface area contributed by atoms with Crippen LogP contribution in [0.25, 0.3) is 0 Å². The first kappa shape index (κ1) is 10.9. The summed E-state index contributed by atoms with van der Waals surface area (Å²) in [5, 5.41) is 9.09. The number of aliphatic hydroxyl groups is 1. The highest BCUT2D eigenvalue weighted by atomic mass is 79.9. The third-order valence-electron chi connectivity index (χ3n) is 2.72. The number of aliphatic hydroxyl groups excluding tert-OH is 1. The number of benzene rings is 1. The molecule has 1 fully saturated rings. The minimum absolute atomic E-state index is 0.0776. The van der Waals surface area contributed by atoms with Crippen LogP contribution in [-0.2, 0) is 0 Å². The fourth-order valence-corrected chi connectivity index (χ4v) is 1.70. The van der Waals surface area contributed by atoms with E-state index in [0.29, 0.717) is 12.4 Å². The van der Waals surface area contributed by atoms with Crippen LogP contribution in [0.15, 0.2) is 22.7 Å². The lowest BCUT2D eigenvalue weighted by Gasteiger charge is -2.14. The molecule has 0 radical (unpaired) electrons. The topological polar surface area (TPSA) is 29.5 Å². The second-order valence-corrected chi connectivity index (χ2v) is 4.88. The Labute approximate surface area is 96.2 Å². The molecule has 4 heteroatoms. The van der Waals surface area contributed by atoms with Gasteiger partial charge in [0.25, 0.3) is 0 Å². The standard InChI is InChI=1S/C11H12BrFO2/c12-9-2-1-8(13)5-10(9)15-7-11(6-14)3-4-11/h1-2,5,14H,3-4,6-7H2. The molecule has 0 saturated heterocycles. The molecule has 2 rings (SSSR count). The maximum atomic E-state index is 12.9. The maximum absolute atomic E-state index is 12.9. The van der Waals surface area contributed by atoms with E-state index in [-0.39, 0.29) is 17.8 Å². The first-order valence-corrected chi connectivity index (χ1v) is 5.63. The van der Waals surface area contributed by atoms with Gasteiger partial charge in [0, 0.05) is 11.5 Å². The number of ether oxygens (including phenoxy) is 1. The molecule has 0 amide bonds. The third-order valence-corrected chi connectivity index (χ3v) is 3.37. The molecule has 0 aliphatic heterocycles. The molecule has 0 heterocycles. The zero-order valence-electron chi connectivity index (χ0n) is 8.17. The molecule has 2 nitrogen and oxygen atoms in total. The minimum Gasteiger partial charge on any atom is -0.492 e. The molecular weight excluding hydrogens is 263 g/mol. The van der Waals surface area contributed by atoms with Crippen molar-refractivity contribution < 1.29 is 14.2 Å². The number of hydrogen-bond donors (Lipinski definition) is 1. The van der Waals surface area contributed by atoms with Gasteiger partial charge in [0.15, 0.2) is 0 Å². The molecule has 1 aliphatic carbocycles. The minimum atomic E-state index is -0.318. The fraction of sp³-hybridized carbons (Fsp3) is 0.455. The summed E-state index contributed by atoms with van der Waals surface area (Å²) in [4.78, 5) is 0. The molecule has 1 saturated carbocycles. The Balaban J connectivity index is 2.01. The van der Waals surface area contributed by atoms with Crippen LogP contribution in [0.2, 0.25) is 0 Å². The van der Waals surface area contributed by atoms with E-state index in [0.717, 1.165) is 17.3 Å². The second kappa shape index (κ2) is 4.10. The van der Waals surface area contributed by atoms with Gasteiger partial charge in [-0.25, -0.2) is 4.39 Å². The van der Waals surface area contributed by atoms with E-state index in [9.17, 15) is 4.39 Å². The summed E-state index contributed by atoms with van der Waals surface area (Å²) in [6.45, 7) is 0.589. The van der Waals surface area contributed by atoms with E-state index in [2.05, 4.69) is 15.9 Å². The molecule has 1 aromatic rings. The summed E-state index contributed by atoms with van der Waals surface area (Å²) in [5.74, 6) is 0.178. The zero-order chi connectivity index (χ0) is 10.9. The van der Waals surface area contributed by atoms with E-state index in [1.165, 1.54) is 12.1 Å². The highest BCUT2D eigenvalue weighted by Crippen LogP contribution is 2.45. The number of hydrogen-bond acceptors (Lipinski definition) is 2. The third kappa shape index (κ3) is 2.49. The average molecular weight is 275 g/mol. The normalized spacial score (nSPS) is 17.5. The molecule has 0 atom stereocenters. The Bertz CT molecular complexity index is 364. The van der Waals surface area contributed by atoms with Crippen molar-refractivity contribution in [2.24, 2.45) is 5.41 Å². The lowest BCUT2D eigenvalue weighted by molar-refractivity contribution is 0.146. The number of halogens is 2. The van der Waals surface area contributed by atoms with Gasteiger partial charge in [-0.2, -0.15) is 0 Å². The van der Waals surface area contributed by atoms with Crippen molar-refractivity contribution in [3.63, 3.8) is 0 Å². The summed E-state index contributed by atoms with van der Waals surface area (Å²) >= 11 is 3.29. The molecule has 82 valence electrons. The lowest BCUT2D eigenvalue weighted by atomic mass is 10.1. The van der Waals surface area contributed by atoms with E-state index < -0.39 is 0 Å². The molecular formula is C11H12BrFO2. The van der Waals surface area contributed by atoms with Crippen molar-refractivity contribution in [2.45, 2.75) is 12.8 Å². The second-order valence-electron chi connectivity index (χ2n) is 4.02. The Morgan fingerprint density at radius 3 is 2.80 bits per heavy atom. The summed E-state index contributed by atoms with van der Waals surface area (Å²) < 4.78 is 19.1. The van der Waals surface area contributed by atoms with E-state index in [1.807, 2.05) is 0 Å². The Morgan fingerprint density at radius 2 is 2.20 bits per heavy atom. The van der Waals surface area contributed by atoms with Crippen LogP contribution in [-0.4, -0.2) is 18.3 Å². The SMILES string of the molecule is OCC1(COc2cc(F)ccc2Br)CC1. The van der Waals surface area contributed by atoms with Crippen molar-refractivity contribution >= 4 is 15.9 Å². The maximum Gasteiger partial charge on any atom is 0.136 e. The van der Waals surface area contributed by atoms with Crippen LogP contribution < -0.4 is 4.74 Å². The van der Waals surface area contributed by atoms with E-state index >= 15 is 0 Å². The Hall–Kier alpha value is -0.610. The van der Waals surface area contributed by atoms with Crippen LogP contribution in [0.5, 0.6) is 5.75 Å². The van der Waals surface area contributed by atoms with Crippen molar-refractivity contribution in [1.82, 2.24) is 0 Å². The quantitative estimate of drug-likeness (QED) is 0.915. The lowest BCUT2D eigenvalue weighted by Crippen LogP contribution is -2.17. The molecule has 0 aromatic heterocycles. The molecule has 1 aliphatic rings. The van der Waals surface area contributed by atoms with E-state index in [1.54, 1.807) is 6.07 Å².